The van der Waals surface area contributed by atoms with Gasteiger partial charge in [0.1, 0.15) is 0 Å². The Morgan fingerprint density at radius 2 is 1.94 bits per heavy atom. The van der Waals surface area contributed by atoms with Gasteiger partial charge in [-0.3, -0.25) is 14.5 Å². The van der Waals surface area contributed by atoms with Crippen LogP contribution in [0.5, 0.6) is 0 Å². The molecule has 0 spiro atoms. The van der Waals surface area contributed by atoms with Crippen LogP contribution in [0.4, 0.5) is 5.69 Å². The Labute approximate surface area is 203 Å². The highest BCUT2D eigenvalue weighted by Crippen LogP contribution is 2.26. The number of halogens is 1. The van der Waals surface area contributed by atoms with Crippen LogP contribution in [0.15, 0.2) is 53.1 Å². The van der Waals surface area contributed by atoms with E-state index in [1.165, 1.54) is 0 Å². The smallest absolute Gasteiger partial charge is 0.253 e. The summed E-state index contributed by atoms with van der Waals surface area (Å²) in [4.78, 5) is 32.2. The third-order valence-electron chi connectivity index (χ3n) is 5.67. The molecule has 1 aliphatic heterocycles. The molecule has 8 nitrogen and oxygen atoms in total. The predicted octanol–water partition coefficient (Wildman–Crippen LogP) is 4.38. The summed E-state index contributed by atoms with van der Waals surface area (Å²) in [6.07, 6.45) is 1.65. The summed E-state index contributed by atoms with van der Waals surface area (Å²) in [5.41, 5.74) is 1.69. The molecule has 1 aromatic heterocycles. The van der Waals surface area contributed by atoms with Gasteiger partial charge in [-0.1, -0.05) is 41.0 Å². The van der Waals surface area contributed by atoms with Crippen molar-refractivity contribution in [3.63, 3.8) is 0 Å². The lowest BCUT2D eigenvalue weighted by molar-refractivity contribution is -0.121. The number of anilines is 1. The summed E-state index contributed by atoms with van der Waals surface area (Å²) in [7, 11) is 0. The monoisotopic (exact) mass is 481 g/mol. The summed E-state index contributed by atoms with van der Waals surface area (Å²) < 4.78 is 5.44. The molecular formula is C25H28ClN5O3. The first-order chi connectivity index (χ1) is 16.4. The van der Waals surface area contributed by atoms with Gasteiger partial charge in [-0.2, -0.15) is 4.98 Å². The van der Waals surface area contributed by atoms with Crippen LogP contribution in [0.3, 0.4) is 0 Å². The van der Waals surface area contributed by atoms with Crippen molar-refractivity contribution in [1.82, 2.24) is 20.4 Å². The van der Waals surface area contributed by atoms with Gasteiger partial charge in [-0.05, 0) is 57.5 Å². The maximum absolute atomic E-state index is 13.1. The van der Waals surface area contributed by atoms with E-state index in [-0.39, 0.29) is 23.8 Å². The number of benzene rings is 2. The number of piperidine rings is 1. The number of carbonyl (C=O) groups is 2. The highest BCUT2D eigenvalue weighted by Gasteiger charge is 2.28. The first-order valence-corrected chi connectivity index (χ1v) is 11.8. The molecule has 178 valence electrons. The molecule has 1 aliphatic rings. The molecule has 2 aromatic carbocycles. The lowest BCUT2D eigenvalue weighted by atomic mass is 9.96. The van der Waals surface area contributed by atoms with Crippen LogP contribution in [0.1, 0.15) is 42.9 Å². The van der Waals surface area contributed by atoms with E-state index >= 15 is 0 Å². The van der Waals surface area contributed by atoms with Crippen molar-refractivity contribution in [1.29, 1.82) is 0 Å². The van der Waals surface area contributed by atoms with Gasteiger partial charge in [0.25, 0.3) is 5.91 Å². The van der Waals surface area contributed by atoms with Crippen LogP contribution >= 0.6 is 11.6 Å². The second-order valence-electron chi connectivity index (χ2n) is 8.73. The van der Waals surface area contributed by atoms with Crippen LogP contribution < -0.4 is 10.6 Å². The van der Waals surface area contributed by atoms with Crippen molar-refractivity contribution < 1.29 is 14.1 Å². The number of rotatable bonds is 7. The molecule has 2 amide bonds. The topological polar surface area (TPSA) is 100 Å². The van der Waals surface area contributed by atoms with Gasteiger partial charge in [-0.15, -0.1) is 0 Å². The molecule has 9 heteroatoms. The fraction of sp³-hybridized carbons (Fsp3) is 0.360. The Kier molecular flexibility index (Phi) is 7.59. The molecule has 3 aromatic rings. The highest BCUT2D eigenvalue weighted by molar-refractivity contribution is 6.33. The largest absolute Gasteiger partial charge is 0.350 e. The van der Waals surface area contributed by atoms with Crippen molar-refractivity contribution >= 4 is 29.1 Å². The summed E-state index contributed by atoms with van der Waals surface area (Å²) in [5.74, 6) is 0.412. The maximum atomic E-state index is 13.1. The minimum Gasteiger partial charge on any atom is -0.350 e. The Morgan fingerprint density at radius 1 is 1.18 bits per heavy atom. The Bertz CT molecular complexity index is 1160. The van der Waals surface area contributed by atoms with Crippen LogP contribution in [-0.4, -0.2) is 46.0 Å². The lowest BCUT2D eigenvalue weighted by Gasteiger charge is -2.31. The van der Waals surface area contributed by atoms with E-state index in [4.69, 9.17) is 16.1 Å². The maximum Gasteiger partial charge on any atom is 0.253 e. The zero-order chi connectivity index (χ0) is 24.1. The van der Waals surface area contributed by atoms with E-state index in [0.717, 1.165) is 24.9 Å². The average molecular weight is 482 g/mol. The van der Waals surface area contributed by atoms with Crippen LogP contribution in [0.25, 0.3) is 11.4 Å². The van der Waals surface area contributed by atoms with Gasteiger partial charge in [0, 0.05) is 18.2 Å². The second-order valence-corrected chi connectivity index (χ2v) is 9.14. The molecular weight excluding hydrogens is 454 g/mol. The third-order valence-corrected chi connectivity index (χ3v) is 6.00. The number of para-hydroxylation sites is 1. The molecule has 34 heavy (non-hydrogen) atoms. The normalized spacial score (nSPS) is 16.4. The quantitative estimate of drug-likeness (QED) is 0.519. The van der Waals surface area contributed by atoms with E-state index in [0.29, 0.717) is 41.1 Å². The fourth-order valence-corrected chi connectivity index (χ4v) is 4.26. The fourth-order valence-electron chi connectivity index (χ4n) is 4.04. The van der Waals surface area contributed by atoms with Crippen LogP contribution in [0.2, 0.25) is 5.02 Å². The zero-order valence-electron chi connectivity index (χ0n) is 19.3. The molecule has 0 radical (unpaired) electrons. The van der Waals surface area contributed by atoms with Crippen molar-refractivity contribution in [2.24, 2.45) is 5.92 Å². The Balaban J connectivity index is 1.39. The predicted molar refractivity (Wildman–Crippen MR) is 130 cm³/mol. The number of aromatic nitrogens is 2. The first-order valence-electron chi connectivity index (χ1n) is 11.4. The van der Waals surface area contributed by atoms with Crippen LogP contribution in [-0.2, 0) is 11.3 Å². The number of hydrogen-bond acceptors (Lipinski definition) is 6. The molecule has 0 bridgehead atoms. The van der Waals surface area contributed by atoms with E-state index in [1.54, 1.807) is 30.3 Å². The van der Waals surface area contributed by atoms with E-state index < -0.39 is 0 Å². The number of likely N-dealkylation sites (tertiary alicyclic amines) is 1. The van der Waals surface area contributed by atoms with Gasteiger partial charge >= 0.3 is 0 Å². The first kappa shape index (κ1) is 23.9. The minimum atomic E-state index is -0.207. The van der Waals surface area contributed by atoms with Gasteiger partial charge in [0.15, 0.2) is 0 Å². The molecule has 1 unspecified atom stereocenters. The van der Waals surface area contributed by atoms with Crippen molar-refractivity contribution in [3.05, 3.63) is 65.0 Å². The summed E-state index contributed by atoms with van der Waals surface area (Å²) in [5, 5.41) is 10.4. The number of nitrogens with one attached hydrogen (secondary N) is 2. The van der Waals surface area contributed by atoms with E-state index in [1.807, 2.05) is 32.0 Å². The molecule has 0 aliphatic carbocycles. The molecule has 2 heterocycles. The molecule has 1 fully saturated rings. The molecule has 4 rings (SSSR count). The van der Waals surface area contributed by atoms with Gasteiger partial charge < -0.3 is 15.2 Å². The number of carbonyl (C=O) groups excluding carboxylic acids is 2. The van der Waals surface area contributed by atoms with Gasteiger partial charge in [0.05, 0.1) is 28.7 Å². The summed E-state index contributed by atoms with van der Waals surface area (Å²) in [6, 6.07) is 14.4. The molecule has 0 saturated carbocycles. The number of amides is 2. The third kappa shape index (κ3) is 5.81. The number of nitrogens with zero attached hydrogens (tertiary/aromatic N) is 3. The summed E-state index contributed by atoms with van der Waals surface area (Å²) >= 11 is 6.23. The van der Waals surface area contributed by atoms with Crippen molar-refractivity contribution in [3.8, 4) is 11.4 Å². The highest BCUT2D eigenvalue weighted by atomic mass is 35.5. The second kappa shape index (κ2) is 10.8. The van der Waals surface area contributed by atoms with Gasteiger partial charge in [-0.25, -0.2) is 0 Å². The molecule has 1 atom stereocenters. The van der Waals surface area contributed by atoms with E-state index in [2.05, 4.69) is 25.7 Å². The molecule has 2 N–H and O–H groups in total. The number of hydrogen-bond donors (Lipinski definition) is 2. The lowest BCUT2D eigenvalue weighted by Crippen LogP contribution is -2.40. The van der Waals surface area contributed by atoms with Crippen molar-refractivity contribution in [2.45, 2.75) is 39.3 Å². The Morgan fingerprint density at radius 3 is 2.74 bits per heavy atom. The molecule has 1 saturated heterocycles. The minimum absolute atomic E-state index is 0.00583. The SMILES string of the molecule is CC(C)NC(=O)c1ccccc1NC(=O)C1CCCN(Cc2nc(-c3ccccc3Cl)no2)C1. The Hall–Kier alpha value is -3.23. The van der Waals surface area contributed by atoms with Gasteiger partial charge in [0.2, 0.25) is 17.6 Å². The average Bonchev–Trinajstić information content (AvgIpc) is 3.27. The standard InChI is InChI=1S/C25H28ClN5O3/c1-16(2)27-25(33)19-10-4-6-12-21(19)28-24(32)17-8-7-13-31(14-17)15-22-29-23(30-34-22)18-9-3-5-11-20(18)26/h3-6,9-12,16-17H,7-8,13-15H2,1-2H3,(H,27,33)(H,28,32). The van der Waals surface area contributed by atoms with Crippen molar-refractivity contribution in [2.75, 3.05) is 18.4 Å². The van der Waals surface area contributed by atoms with E-state index in [9.17, 15) is 9.59 Å². The summed E-state index contributed by atoms with van der Waals surface area (Å²) in [6.45, 7) is 5.65. The zero-order valence-corrected chi connectivity index (χ0v) is 20.0. The van der Waals surface area contributed by atoms with Crippen LogP contribution in [0, 0.1) is 5.92 Å².